The van der Waals surface area contributed by atoms with E-state index in [1.807, 2.05) is 48.3 Å². The lowest BCUT2D eigenvalue weighted by Crippen LogP contribution is -2.52. The Balaban J connectivity index is 1.83. The van der Waals surface area contributed by atoms with Crippen molar-refractivity contribution in [2.45, 2.75) is 76.4 Å². The number of aliphatic hydroxyl groups excluding tert-OH is 2. The standard InChI is InChI=1S/C32H43NO4/c1-23-8-7-16-31(2)29(15-17-32(31,37)22-33(3)18-19-34)27-14-12-24(20-26(35)13-11-23)21-28(27)30(36)25-9-5-4-6-10-25/h4-6,8-10,12,14,21,26,29,34-35,37H,7,11,13,15-20,22H2,1-3H3/t26-,29-,31-,32+/m0/s1. The predicted molar refractivity (Wildman–Crippen MR) is 148 cm³/mol. The number of hydrogen-bond donors (Lipinski definition) is 3. The molecule has 0 spiro atoms. The number of hydrogen-bond acceptors (Lipinski definition) is 5. The number of carbonyl (C=O) groups excluding carboxylic acids is 1. The van der Waals surface area contributed by atoms with E-state index in [0.29, 0.717) is 43.5 Å². The van der Waals surface area contributed by atoms with Crippen LogP contribution in [0.15, 0.2) is 60.2 Å². The van der Waals surface area contributed by atoms with E-state index in [4.69, 9.17) is 0 Å². The average Bonchev–Trinajstić information content (AvgIpc) is 3.12. The Bertz CT molecular complexity index is 1110. The summed E-state index contributed by atoms with van der Waals surface area (Å²) in [6.07, 6.45) is 6.89. The molecule has 1 fully saturated rings. The zero-order chi connectivity index (χ0) is 26.6. The number of fused-ring (bicyclic) bond motifs is 8. The van der Waals surface area contributed by atoms with Crippen molar-refractivity contribution < 1.29 is 20.1 Å². The summed E-state index contributed by atoms with van der Waals surface area (Å²) >= 11 is 0. The smallest absolute Gasteiger partial charge is 0.193 e. The van der Waals surface area contributed by atoms with Gasteiger partial charge >= 0.3 is 0 Å². The lowest BCUT2D eigenvalue weighted by atomic mass is 9.64. The first-order valence-electron chi connectivity index (χ1n) is 13.7. The van der Waals surface area contributed by atoms with Gasteiger partial charge in [-0.1, -0.05) is 61.0 Å². The third-order valence-electron chi connectivity index (χ3n) is 8.97. The number of allylic oxidation sites excluding steroid dienone is 2. The number of ketones is 1. The molecule has 4 atom stereocenters. The van der Waals surface area contributed by atoms with Gasteiger partial charge in [-0.05, 0) is 82.0 Å². The molecule has 1 saturated carbocycles. The van der Waals surface area contributed by atoms with Crippen LogP contribution in [0, 0.1) is 5.41 Å². The van der Waals surface area contributed by atoms with Crippen molar-refractivity contribution in [1.29, 1.82) is 0 Å². The van der Waals surface area contributed by atoms with Crippen LogP contribution < -0.4 is 0 Å². The molecule has 2 bridgehead atoms. The maximum atomic E-state index is 13.9. The molecule has 3 N–H and O–H groups in total. The zero-order valence-corrected chi connectivity index (χ0v) is 22.6. The third kappa shape index (κ3) is 5.91. The Hall–Kier alpha value is -2.31. The molecule has 0 radical (unpaired) electrons. The fraction of sp³-hybridized carbons (Fsp3) is 0.531. The van der Waals surface area contributed by atoms with Crippen molar-refractivity contribution in [1.82, 2.24) is 4.90 Å². The van der Waals surface area contributed by atoms with Crippen molar-refractivity contribution in [2.75, 3.05) is 26.7 Å². The maximum absolute atomic E-state index is 13.9. The lowest BCUT2D eigenvalue weighted by molar-refractivity contribution is -0.0810. The summed E-state index contributed by atoms with van der Waals surface area (Å²) < 4.78 is 0. The van der Waals surface area contributed by atoms with Gasteiger partial charge in [-0.3, -0.25) is 4.79 Å². The van der Waals surface area contributed by atoms with Crippen molar-refractivity contribution in [3.8, 4) is 0 Å². The van der Waals surface area contributed by atoms with Crippen molar-refractivity contribution >= 4 is 5.78 Å². The van der Waals surface area contributed by atoms with E-state index in [1.54, 1.807) is 0 Å². The number of rotatable bonds is 6. The van der Waals surface area contributed by atoms with E-state index in [2.05, 4.69) is 32.1 Å². The first-order valence-corrected chi connectivity index (χ1v) is 13.7. The van der Waals surface area contributed by atoms with Gasteiger partial charge in [-0.25, -0.2) is 0 Å². The van der Waals surface area contributed by atoms with E-state index >= 15 is 0 Å². The van der Waals surface area contributed by atoms with Gasteiger partial charge in [0.1, 0.15) is 0 Å². The molecule has 5 rings (SSSR count). The van der Waals surface area contributed by atoms with Crippen LogP contribution in [0.25, 0.3) is 0 Å². The summed E-state index contributed by atoms with van der Waals surface area (Å²) in [4.78, 5) is 15.9. The van der Waals surface area contributed by atoms with Crippen LogP contribution in [0.1, 0.15) is 85.3 Å². The summed E-state index contributed by atoms with van der Waals surface area (Å²) in [5, 5.41) is 32.4. The third-order valence-corrected chi connectivity index (χ3v) is 8.97. The minimum atomic E-state index is -0.942. The molecule has 37 heavy (non-hydrogen) atoms. The van der Waals surface area contributed by atoms with Crippen molar-refractivity contribution in [3.05, 3.63) is 82.4 Å². The van der Waals surface area contributed by atoms with Crippen LogP contribution in [-0.4, -0.2) is 64.5 Å². The molecular formula is C32H43NO4. The van der Waals surface area contributed by atoms with Gasteiger partial charge < -0.3 is 20.2 Å². The topological polar surface area (TPSA) is 81.0 Å². The first kappa shape index (κ1) is 27.7. The second-order valence-corrected chi connectivity index (χ2v) is 11.6. The summed E-state index contributed by atoms with van der Waals surface area (Å²) in [6.45, 7) is 5.36. The minimum absolute atomic E-state index is 0.00929. The largest absolute Gasteiger partial charge is 0.395 e. The fourth-order valence-corrected chi connectivity index (χ4v) is 6.64. The molecule has 0 unspecified atom stereocenters. The zero-order valence-electron chi connectivity index (χ0n) is 22.6. The summed E-state index contributed by atoms with van der Waals surface area (Å²) in [5.41, 5.74) is 3.17. The highest BCUT2D eigenvalue weighted by Crippen LogP contribution is 2.58. The molecule has 2 aromatic rings. The molecule has 0 saturated heterocycles. The molecule has 0 amide bonds. The normalized spacial score (nSPS) is 28.6. The van der Waals surface area contributed by atoms with Gasteiger partial charge in [-0.2, -0.15) is 0 Å². The van der Waals surface area contributed by atoms with E-state index in [-0.39, 0.29) is 18.3 Å². The molecule has 200 valence electrons. The van der Waals surface area contributed by atoms with Crippen LogP contribution in [0.5, 0.6) is 0 Å². The Morgan fingerprint density at radius 3 is 2.59 bits per heavy atom. The maximum Gasteiger partial charge on any atom is 0.193 e. The number of nitrogens with zero attached hydrogens (tertiary/aromatic N) is 1. The molecular weight excluding hydrogens is 462 g/mol. The fourth-order valence-electron chi connectivity index (χ4n) is 6.64. The van der Waals surface area contributed by atoms with Crippen molar-refractivity contribution in [3.63, 3.8) is 0 Å². The van der Waals surface area contributed by atoms with Gasteiger partial charge in [0.15, 0.2) is 5.78 Å². The molecule has 5 nitrogen and oxygen atoms in total. The molecule has 2 aromatic carbocycles. The molecule has 0 aliphatic heterocycles. The highest BCUT2D eigenvalue weighted by Gasteiger charge is 2.57. The van der Waals surface area contributed by atoms with Crippen LogP contribution in [0.3, 0.4) is 0 Å². The Kier molecular flexibility index (Phi) is 8.70. The Labute approximate surface area is 221 Å². The van der Waals surface area contributed by atoms with Crippen LogP contribution >= 0.6 is 0 Å². The summed E-state index contributed by atoms with van der Waals surface area (Å²) in [7, 11) is 1.95. The van der Waals surface area contributed by atoms with Crippen LogP contribution in [-0.2, 0) is 6.42 Å². The van der Waals surface area contributed by atoms with Gasteiger partial charge in [0.2, 0.25) is 0 Å². The van der Waals surface area contributed by atoms with E-state index in [0.717, 1.165) is 36.8 Å². The van der Waals surface area contributed by atoms with Gasteiger partial charge in [0.05, 0.1) is 18.3 Å². The average molecular weight is 506 g/mol. The lowest BCUT2D eigenvalue weighted by Gasteiger charge is -2.45. The number of benzene rings is 2. The van der Waals surface area contributed by atoms with E-state index in [9.17, 15) is 20.1 Å². The summed E-state index contributed by atoms with van der Waals surface area (Å²) in [5.74, 6) is 0.00303. The Morgan fingerprint density at radius 2 is 1.86 bits per heavy atom. The van der Waals surface area contributed by atoms with E-state index < -0.39 is 17.1 Å². The van der Waals surface area contributed by atoms with Gasteiger partial charge in [-0.15, -0.1) is 0 Å². The molecule has 0 heterocycles. The quantitative estimate of drug-likeness (QED) is 0.385. The highest BCUT2D eigenvalue weighted by molar-refractivity contribution is 6.10. The predicted octanol–water partition coefficient (Wildman–Crippen LogP) is 4.88. The van der Waals surface area contributed by atoms with Crippen LogP contribution in [0.2, 0.25) is 0 Å². The SMILES string of the molecule is CC1=CCC[C@@]2(C)[C@@H](CC[C@@]2(O)CN(C)CCO)c2ccc(cc2C(=O)c2ccccc2)C[C@@H](O)CC1. The Morgan fingerprint density at radius 1 is 1.11 bits per heavy atom. The second-order valence-electron chi connectivity index (χ2n) is 11.6. The number of carbonyl (C=O) groups is 1. The van der Waals surface area contributed by atoms with E-state index in [1.165, 1.54) is 5.57 Å². The highest BCUT2D eigenvalue weighted by atomic mass is 16.3. The molecule has 5 heteroatoms. The minimum Gasteiger partial charge on any atom is -0.395 e. The summed E-state index contributed by atoms with van der Waals surface area (Å²) in [6, 6.07) is 15.5. The molecule has 3 aliphatic rings. The monoisotopic (exact) mass is 505 g/mol. The van der Waals surface area contributed by atoms with Gasteiger partial charge in [0, 0.05) is 29.6 Å². The first-order chi connectivity index (χ1) is 17.7. The number of likely N-dealkylation sites (N-methyl/N-ethyl adjacent to an activating group) is 1. The number of aliphatic hydroxyl groups is 3. The molecule has 0 aromatic heterocycles. The molecule has 3 aliphatic carbocycles. The van der Waals surface area contributed by atoms with Crippen LogP contribution in [0.4, 0.5) is 0 Å². The van der Waals surface area contributed by atoms with Gasteiger partial charge in [0.25, 0.3) is 0 Å². The van der Waals surface area contributed by atoms with Crippen molar-refractivity contribution in [2.24, 2.45) is 5.41 Å². The second kappa shape index (κ2) is 11.6.